The predicted octanol–water partition coefficient (Wildman–Crippen LogP) is 2.61. The van der Waals surface area contributed by atoms with Crippen molar-refractivity contribution in [1.82, 2.24) is 0 Å². The van der Waals surface area contributed by atoms with Crippen molar-refractivity contribution in [2.75, 3.05) is 0 Å². The van der Waals surface area contributed by atoms with E-state index in [4.69, 9.17) is 4.74 Å². The molecular weight excluding hydrogens is 302 g/mol. The van der Waals surface area contributed by atoms with Crippen LogP contribution >= 0.6 is 15.9 Å². The van der Waals surface area contributed by atoms with Crippen LogP contribution in [-0.4, -0.2) is 0 Å². The van der Waals surface area contributed by atoms with Crippen LogP contribution in [-0.2, 0) is 0 Å². The molecular formula is C16H10BrNO. The van der Waals surface area contributed by atoms with Crippen molar-refractivity contribution >= 4 is 27.8 Å². The highest BCUT2D eigenvalue weighted by atomic mass is 79.9. The molecule has 1 heterocycles. The first-order valence-corrected chi connectivity index (χ1v) is 6.66. The standard InChI is InChI=1S/C16H10BrNO/c1-10-2-5-16-14(6-10)15(8-18)13-7-12(17)4-3-11(13)9-19-16/h2-7,9H,1H3. The molecule has 0 radical (unpaired) electrons. The van der Waals surface area contributed by atoms with Crippen LogP contribution in [0.2, 0.25) is 0 Å². The smallest absolute Gasteiger partial charge is 0.135 e. The van der Waals surface area contributed by atoms with Crippen LogP contribution in [0.1, 0.15) is 11.1 Å². The average Bonchev–Trinajstić information content (AvgIpc) is 2.54. The fraction of sp³-hybridized carbons (Fsp3) is 0.0625. The molecule has 2 aromatic rings. The van der Waals surface area contributed by atoms with E-state index in [2.05, 4.69) is 22.0 Å². The van der Waals surface area contributed by atoms with E-state index in [0.29, 0.717) is 5.57 Å². The number of hydrogen-bond donors (Lipinski definition) is 0. The molecule has 2 aromatic carbocycles. The molecule has 0 aliphatic carbocycles. The second-order valence-corrected chi connectivity index (χ2v) is 5.37. The number of ether oxygens (including phenoxy) is 1. The molecule has 1 aliphatic heterocycles. The minimum atomic E-state index is 0.642. The van der Waals surface area contributed by atoms with Crippen LogP contribution in [0, 0.1) is 18.3 Å². The van der Waals surface area contributed by atoms with Crippen LogP contribution in [0.4, 0.5) is 0 Å². The van der Waals surface area contributed by atoms with Gasteiger partial charge in [-0.3, -0.25) is 0 Å². The number of rotatable bonds is 0. The van der Waals surface area contributed by atoms with Gasteiger partial charge < -0.3 is 4.74 Å². The molecule has 0 fully saturated rings. The monoisotopic (exact) mass is 311 g/mol. The van der Waals surface area contributed by atoms with Gasteiger partial charge >= 0.3 is 0 Å². The highest BCUT2D eigenvalue weighted by molar-refractivity contribution is 9.10. The second-order valence-electron chi connectivity index (χ2n) is 4.45. The average molecular weight is 312 g/mol. The molecule has 0 aromatic heterocycles. The molecule has 0 N–H and O–H groups in total. The molecule has 0 unspecified atom stereocenters. The highest BCUT2D eigenvalue weighted by Gasteiger charge is 2.13. The van der Waals surface area contributed by atoms with Gasteiger partial charge in [0.2, 0.25) is 0 Å². The van der Waals surface area contributed by atoms with Crippen LogP contribution in [0.15, 0.2) is 40.9 Å². The van der Waals surface area contributed by atoms with Crippen LogP contribution < -0.4 is 15.2 Å². The summed E-state index contributed by atoms with van der Waals surface area (Å²) < 4.78 is 6.64. The third kappa shape index (κ3) is 2.05. The maximum absolute atomic E-state index is 9.52. The van der Waals surface area contributed by atoms with E-state index in [1.54, 1.807) is 6.26 Å². The van der Waals surface area contributed by atoms with Gasteiger partial charge in [-0.15, -0.1) is 0 Å². The molecule has 3 heteroatoms. The Morgan fingerprint density at radius 2 is 2.00 bits per heavy atom. The molecule has 92 valence electrons. The summed E-state index contributed by atoms with van der Waals surface area (Å²) in [7, 11) is 0. The van der Waals surface area contributed by atoms with Gasteiger partial charge in [0.25, 0.3) is 0 Å². The zero-order chi connectivity index (χ0) is 13.4. The van der Waals surface area contributed by atoms with Crippen molar-refractivity contribution in [3.63, 3.8) is 0 Å². The van der Waals surface area contributed by atoms with Crippen LogP contribution in [0.3, 0.4) is 0 Å². The summed E-state index contributed by atoms with van der Waals surface area (Å²) in [6.45, 7) is 2.01. The lowest BCUT2D eigenvalue weighted by atomic mass is 10.0. The zero-order valence-electron chi connectivity index (χ0n) is 10.3. The minimum Gasteiger partial charge on any atom is -0.464 e. The molecule has 1 aliphatic rings. The first-order chi connectivity index (χ1) is 9.19. The lowest BCUT2D eigenvalue weighted by Gasteiger charge is -2.06. The molecule has 0 bridgehead atoms. The maximum atomic E-state index is 9.52. The molecule has 0 spiro atoms. The Hall–Kier alpha value is -2.05. The zero-order valence-corrected chi connectivity index (χ0v) is 11.9. The highest BCUT2D eigenvalue weighted by Crippen LogP contribution is 2.26. The first-order valence-electron chi connectivity index (χ1n) is 5.87. The molecule has 3 rings (SSSR count). The third-order valence-electron chi connectivity index (χ3n) is 3.11. The van der Waals surface area contributed by atoms with Gasteiger partial charge in [-0.05, 0) is 31.2 Å². The van der Waals surface area contributed by atoms with Crippen molar-refractivity contribution in [2.24, 2.45) is 0 Å². The van der Waals surface area contributed by atoms with Crippen molar-refractivity contribution in [3.8, 4) is 11.8 Å². The number of nitriles is 1. The number of fused-ring (bicyclic) bond motifs is 2. The summed E-state index contributed by atoms with van der Waals surface area (Å²) >= 11 is 3.45. The Bertz CT molecular complexity index is 831. The predicted molar refractivity (Wildman–Crippen MR) is 77.8 cm³/mol. The molecule has 2 nitrogen and oxygen atoms in total. The molecule has 19 heavy (non-hydrogen) atoms. The summed E-state index contributed by atoms with van der Waals surface area (Å²) in [5.41, 5.74) is 2.59. The summed E-state index contributed by atoms with van der Waals surface area (Å²) in [5.74, 6) is 0.717. The first kappa shape index (κ1) is 12.0. The van der Waals surface area contributed by atoms with Gasteiger partial charge in [0.15, 0.2) is 0 Å². The lowest BCUT2D eigenvalue weighted by molar-refractivity contribution is 0.539. The van der Waals surface area contributed by atoms with Gasteiger partial charge in [0.1, 0.15) is 11.8 Å². The van der Waals surface area contributed by atoms with Crippen LogP contribution in [0.25, 0.3) is 11.8 Å². The summed E-state index contributed by atoms with van der Waals surface area (Å²) in [4.78, 5) is 0. The minimum absolute atomic E-state index is 0.642. The van der Waals surface area contributed by atoms with Crippen molar-refractivity contribution in [1.29, 1.82) is 5.26 Å². The van der Waals surface area contributed by atoms with Gasteiger partial charge in [0, 0.05) is 20.5 Å². The fourth-order valence-electron chi connectivity index (χ4n) is 2.18. The quantitative estimate of drug-likeness (QED) is 0.749. The van der Waals surface area contributed by atoms with Crippen molar-refractivity contribution in [2.45, 2.75) is 6.92 Å². The largest absolute Gasteiger partial charge is 0.464 e. The van der Waals surface area contributed by atoms with Gasteiger partial charge in [-0.25, -0.2) is 0 Å². The molecule has 0 atom stereocenters. The van der Waals surface area contributed by atoms with Gasteiger partial charge in [0.05, 0.1) is 11.8 Å². The van der Waals surface area contributed by atoms with Crippen molar-refractivity contribution < 1.29 is 4.74 Å². The second kappa shape index (κ2) is 4.56. The third-order valence-corrected chi connectivity index (χ3v) is 3.61. The number of benzene rings is 2. The van der Waals surface area contributed by atoms with Crippen LogP contribution in [0.5, 0.6) is 5.75 Å². The van der Waals surface area contributed by atoms with E-state index in [1.807, 2.05) is 43.3 Å². The van der Waals surface area contributed by atoms with E-state index >= 15 is 0 Å². The Morgan fingerprint density at radius 3 is 2.79 bits per heavy atom. The lowest BCUT2D eigenvalue weighted by Crippen LogP contribution is -2.26. The number of aryl methyl sites for hydroxylation is 1. The summed E-state index contributed by atoms with van der Waals surface area (Å²) in [6, 6.07) is 14.0. The topological polar surface area (TPSA) is 33.0 Å². The Balaban J connectivity index is 2.49. The summed E-state index contributed by atoms with van der Waals surface area (Å²) in [5, 5.41) is 11.3. The molecule has 0 saturated heterocycles. The van der Waals surface area contributed by atoms with E-state index in [-0.39, 0.29) is 0 Å². The Morgan fingerprint density at radius 1 is 1.16 bits per heavy atom. The van der Waals surface area contributed by atoms with E-state index in [0.717, 1.165) is 31.8 Å². The van der Waals surface area contributed by atoms with E-state index in [1.165, 1.54) is 0 Å². The normalized spacial score (nSPS) is 12.4. The molecule has 0 saturated carbocycles. The van der Waals surface area contributed by atoms with Gasteiger partial charge in [-0.2, -0.15) is 5.26 Å². The van der Waals surface area contributed by atoms with Crippen molar-refractivity contribution in [3.05, 3.63) is 62.4 Å². The summed E-state index contributed by atoms with van der Waals surface area (Å²) in [6.07, 6.45) is 1.69. The van der Waals surface area contributed by atoms with E-state index < -0.39 is 0 Å². The number of nitrogens with zero attached hydrogens (tertiary/aromatic N) is 1. The number of halogens is 1. The maximum Gasteiger partial charge on any atom is 0.135 e. The Labute approximate surface area is 119 Å². The fourth-order valence-corrected chi connectivity index (χ4v) is 2.54. The Kier molecular flexibility index (Phi) is 2.88. The van der Waals surface area contributed by atoms with Gasteiger partial charge in [-0.1, -0.05) is 33.6 Å². The molecule has 0 amide bonds. The van der Waals surface area contributed by atoms with E-state index in [9.17, 15) is 5.26 Å². The SMILES string of the molecule is Cc1ccc2c(c1)C(C#N)=c1cc(Br)ccc1=CO2. The number of hydrogen-bond acceptors (Lipinski definition) is 2.